The molecule has 2 aromatic heterocycles. The maximum absolute atomic E-state index is 13.0. The van der Waals surface area contributed by atoms with E-state index in [0.717, 1.165) is 0 Å². The summed E-state index contributed by atoms with van der Waals surface area (Å²) in [5.74, 6) is -1.37. The van der Waals surface area contributed by atoms with E-state index in [4.69, 9.17) is 9.84 Å². The standard InChI is InChI=1S/C17H15N3O5/c1-9-7-10(2)20(11-5-4-6-12(8-11)24-3)16(21)13(9)14-18-15(17(22)23)25-19-14/h4-8H,1-3H3,(H,22,23). The lowest BCUT2D eigenvalue weighted by Crippen LogP contribution is -2.23. The van der Waals surface area contributed by atoms with Crippen molar-refractivity contribution in [3.8, 4) is 22.8 Å². The van der Waals surface area contributed by atoms with Crippen LogP contribution in [0.25, 0.3) is 17.1 Å². The number of hydrogen-bond acceptors (Lipinski definition) is 6. The minimum Gasteiger partial charge on any atom is -0.497 e. The normalized spacial score (nSPS) is 10.7. The maximum atomic E-state index is 13.0. The van der Waals surface area contributed by atoms with Crippen molar-refractivity contribution in [3.63, 3.8) is 0 Å². The molecule has 0 aliphatic heterocycles. The van der Waals surface area contributed by atoms with Gasteiger partial charge < -0.3 is 14.4 Å². The Hall–Kier alpha value is -3.42. The Bertz CT molecular complexity index is 1020. The number of benzene rings is 1. The van der Waals surface area contributed by atoms with Gasteiger partial charge in [0.2, 0.25) is 5.82 Å². The van der Waals surface area contributed by atoms with Crippen LogP contribution >= 0.6 is 0 Å². The van der Waals surface area contributed by atoms with E-state index in [0.29, 0.717) is 22.7 Å². The van der Waals surface area contributed by atoms with E-state index in [1.54, 1.807) is 51.3 Å². The molecule has 0 aliphatic rings. The summed E-state index contributed by atoms with van der Waals surface area (Å²) in [4.78, 5) is 27.8. The van der Waals surface area contributed by atoms with Gasteiger partial charge in [0.15, 0.2) is 0 Å². The number of carboxylic acids is 1. The van der Waals surface area contributed by atoms with Crippen LogP contribution in [0.4, 0.5) is 0 Å². The number of aromatic nitrogens is 3. The summed E-state index contributed by atoms with van der Waals surface area (Å²) >= 11 is 0. The van der Waals surface area contributed by atoms with E-state index < -0.39 is 11.9 Å². The van der Waals surface area contributed by atoms with Crippen molar-refractivity contribution in [2.45, 2.75) is 13.8 Å². The Balaban J connectivity index is 2.24. The van der Waals surface area contributed by atoms with E-state index in [1.165, 1.54) is 4.57 Å². The molecule has 0 aliphatic carbocycles. The number of hydrogen-bond donors (Lipinski definition) is 1. The number of aryl methyl sites for hydroxylation is 2. The second-order valence-electron chi connectivity index (χ2n) is 5.41. The number of nitrogens with zero attached hydrogens (tertiary/aromatic N) is 3. The molecular weight excluding hydrogens is 326 g/mol. The first-order valence-corrected chi connectivity index (χ1v) is 7.37. The number of methoxy groups -OCH3 is 1. The van der Waals surface area contributed by atoms with Crippen molar-refractivity contribution in [1.82, 2.24) is 14.7 Å². The van der Waals surface area contributed by atoms with Gasteiger partial charge in [0, 0.05) is 11.8 Å². The minimum absolute atomic E-state index is 0.0588. The van der Waals surface area contributed by atoms with Crippen molar-refractivity contribution in [2.75, 3.05) is 7.11 Å². The summed E-state index contributed by atoms with van der Waals surface area (Å²) in [6, 6.07) is 8.85. The molecule has 3 aromatic rings. The second-order valence-corrected chi connectivity index (χ2v) is 5.41. The Morgan fingerprint density at radius 1 is 1.28 bits per heavy atom. The molecule has 1 aromatic carbocycles. The van der Waals surface area contributed by atoms with E-state index >= 15 is 0 Å². The summed E-state index contributed by atoms with van der Waals surface area (Å²) in [5.41, 5.74) is 1.76. The smallest absolute Gasteiger partial charge is 0.394 e. The van der Waals surface area contributed by atoms with Crippen LogP contribution in [0.1, 0.15) is 21.9 Å². The summed E-state index contributed by atoms with van der Waals surface area (Å²) in [6.07, 6.45) is 0. The van der Waals surface area contributed by atoms with Gasteiger partial charge in [-0.3, -0.25) is 9.36 Å². The fourth-order valence-corrected chi connectivity index (χ4v) is 2.65. The summed E-state index contributed by atoms with van der Waals surface area (Å²) in [5, 5.41) is 12.5. The lowest BCUT2D eigenvalue weighted by molar-refractivity contribution is 0.0643. The van der Waals surface area contributed by atoms with Gasteiger partial charge in [-0.2, -0.15) is 4.98 Å². The molecule has 25 heavy (non-hydrogen) atoms. The minimum atomic E-state index is -1.35. The van der Waals surface area contributed by atoms with Gasteiger partial charge in [0.05, 0.1) is 18.4 Å². The fourth-order valence-electron chi connectivity index (χ4n) is 2.65. The quantitative estimate of drug-likeness (QED) is 0.775. The van der Waals surface area contributed by atoms with Gasteiger partial charge in [-0.1, -0.05) is 11.2 Å². The number of ether oxygens (including phenoxy) is 1. The van der Waals surface area contributed by atoms with E-state index in [1.807, 2.05) is 0 Å². The van der Waals surface area contributed by atoms with Crippen LogP contribution in [0.5, 0.6) is 5.75 Å². The highest BCUT2D eigenvalue weighted by Crippen LogP contribution is 2.21. The molecule has 0 amide bonds. The zero-order valence-electron chi connectivity index (χ0n) is 13.8. The van der Waals surface area contributed by atoms with Crippen LogP contribution < -0.4 is 10.3 Å². The van der Waals surface area contributed by atoms with Gasteiger partial charge in [-0.25, -0.2) is 4.79 Å². The van der Waals surface area contributed by atoms with Crippen molar-refractivity contribution >= 4 is 5.97 Å². The first-order chi connectivity index (χ1) is 11.9. The zero-order valence-corrected chi connectivity index (χ0v) is 13.8. The first-order valence-electron chi connectivity index (χ1n) is 7.37. The molecule has 0 saturated heterocycles. The molecule has 3 rings (SSSR count). The van der Waals surface area contributed by atoms with Crippen molar-refractivity contribution in [3.05, 3.63) is 57.8 Å². The second kappa shape index (κ2) is 6.23. The summed E-state index contributed by atoms with van der Waals surface area (Å²) in [6.45, 7) is 3.53. The molecule has 0 unspecified atom stereocenters. The van der Waals surface area contributed by atoms with Crippen LogP contribution in [-0.4, -0.2) is 32.9 Å². The predicted octanol–water partition coefficient (Wildman–Crippen LogP) is 2.21. The fraction of sp³-hybridized carbons (Fsp3) is 0.176. The Kier molecular flexibility index (Phi) is 4.10. The third-order valence-corrected chi connectivity index (χ3v) is 3.73. The molecule has 8 nitrogen and oxygen atoms in total. The molecule has 0 fully saturated rings. The number of carboxylic acid groups (broad SMARTS) is 1. The largest absolute Gasteiger partial charge is 0.497 e. The van der Waals surface area contributed by atoms with Gasteiger partial charge in [-0.05, 0) is 37.6 Å². The molecule has 0 spiro atoms. The SMILES string of the molecule is COc1cccc(-n2c(C)cc(C)c(-c3noc(C(=O)O)n3)c2=O)c1. The number of pyridine rings is 1. The monoisotopic (exact) mass is 341 g/mol. The molecule has 0 saturated carbocycles. The number of carbonyl (C=O) groups is 1. The molecule has 0 atom stereocenters. The van der Waals surface area contributed by atoms with Crippen molar-refractivity contribution in [2.24, 2.45) is 0 Å². The van der Waals surface area contributed by atoms with Crippen molar-refractivity contribution < 1.29 is 19.2 Å². The maximum Gasteiger partial charge on any atom is 0.394 e. The van der Waals surface area contributed by atoms with E-state index in [2.05, 4.69) is 14.7 Å². The molecule has 128 valence electrons. The highest BCUT2D eigenvalue weighted by Gasteiger charge is 2.21. The van der Waals surface area contributed by atoms with Crippen LogP contribution in [0.3, 0.4) is 0 Å². The third kappa shape index (κ3) is 2.89. The van der Waals surface area contributed by atoms with E-state index in [9.17, 15) is 9.59 Å². The van der Waals surface area contributed by atoms with Crippen LogP contribution in [0.2, 0.25) is 0 Å². The van der Waals surface area contributed by atoms with Crippen LogP contribution in [-0.2, 0) is 0 Å². The Morgan fingerprint density at radius 3 is 2.68 bits per heavy atom. The average Bonchev–Trinajstić information content (AvgIpc) is 3.04. The van der Waals surface area contributed by atoms with Gasteiger partial charge >= 0.3 is 11.9 Å². The van der Waals surface area contributed by atoms with Crippen molar-refractivity contribution in [1.29, 1.82) is 0 Å². The molecule has 2 heterocycles. The lowest BCUT2D eigenvalue weighted by Gasteiger charge is -2.14. The van der Waals surface area contributed by atoms with E-state index in [-0.39, 0.29) is 16.9 Å². The predicted molar refractivity (Wildman–Crippen MR) is 88.3 cm³/mol. The van der Waals surface area contributed by atoms with Gasteiger partial charge in [0.1, 0.15) is 5.75 Å². The summed E-state index contributed by atoms with van der Waals surface area (Å²) < 4.78 is 11.4. The highest BCUT2D eigenvalue weighted by molar-refractivity contribution is 5.82. The molecule has 0 bridgehead atoms. The van der Waals surface area contributed by atoms with Gasteiger partial charge in [0.25, 0.3) is 5.56 Å². The first kappa shape index (κ1) is 16.4. The number of aromatic carboxylic acids is 1. The van der Waals surface area contributed by atoms with Crippen LogP contribution in [0, 0.1) is 13.8 Å². The summed E-state index contributed by atoms with van der Waals surface area (Å²) in [7, 11) is 1.54. The molecule has 1 N–H and O–H groups in total. The third-order valence-electron chi connectivity index (χ3n) is 3.73. The number of rotatable bonds is 4. The molecule has 8 heteroatoms. The molecule has 0 radical (unpaired) electrons. The zero-order chi connectivity index (χ0) is 18.1. The Morgan fingerprint density at radius 2 is 2.04 bits per heavy atom. The topological polar surface area (TPSA) is 107 Å². The lowest BCUT2D eigenvalue weighted by atomic mass is 10.1. The average molecular weight is 341 g/mol. The van der Waals surface area contributed by atoms with Gasteiger partial charge in [-0.15, -0.1) is 0 Å². The van der Waals surface area contributed by atoms with Crippen LogP contribution in [0.15, 0.2) is 39.6 Å². The molecular formula is C17H15N3O5. The highest BCUT2D eigenvalue weighted by atomic mass is 16.5. The Labute approximate surface area is 142 Å².